The largest absolute Gasteiger partial charge is 0.481 e. The Hall–Kier alpha value is -1.85. The van der Waals surface area contributed by atoms with E-state index >= 15 is 0 Å². The molecule has 6 heteroatoms. The summed E-state index contributed by atoms with van der Waals surface area (Å²) in [5, 5.41) is 9.14. The third-order valence-electron chi connectivity index (χ3n) is 3.96. The van der Waals surface area contributed by atoms with Gasteiger partial charge in [-0.2, -0.15) is 0 Å². The van der Waals surface area contributed by atoms with Crippen LogP contribution in [-0.2, 0) is 4.79 Å². The molecule has 2 aliphatic rings. The van der Waals surface area contributed by atoms with Gasteiger partial charge in [0.15, 0.2) is 0 Å². The maximum atomic E-state index is 11.7. The lowest BCUT2D eigenvalue weighted by atomic mass is 9.99. The van der Waals surface area contributed by atoms with Gasteiger partial charge in [-0.15, -0.1) is 0 Å². The van der Waals surface area contributed by atoms with E-state index in [9.17, 15) is 9.59 Å². The predicted molar refractivity (Wildman–Crippen MR) is 69.3 cm³/mol. The van der Waals surface area contributed by atoms with Gasteiger partial charge in [0.1, 0.15) is 11.6 Å². The van der Waals surface area contributed by atoms with Crippen molar-refractivity contribution in [2.45, 2.75) is 25.7 Å². The monoisotopic (exact) mass is 263 g/mol. The summed E-state index contributed by atoms with van der Waals surface area (Å²) in [6, 6.07) is 1.46. The molecular formula is C13H17N3O3. The summed E-state index contributed by atoms with van der Waals surface area (Å²) in [6.07, 6.45) is 2.14. The summed E-state index contributed by atoms with van der Waals surface area (Å²) in [4.78, 5) is 31.9. The van der Waals surface area contributed by atoms with Crippen LogP contribution in [0.2, 0.25) is 0 Å². The summed E-state index contributed by atoms with van der Waals surface area (Å²) in [6.45, 7) is 2.99. The Kier molecular flexibility index (Phi) is 2.80. The van der Waals surface area contributed by atoms with Gasteiger partial charge in [-0.3, -0.25) is 9.59 Å². The molecule has 1 aliphatic carbocycles. The fourth-order valence-electron chi connectivity index (χ4n) is 2.65. The SMILES string of the molecule is CC1CN(c2cc(=O)[nH]c(C3CC3)n2)CC1C(=O)O. The lowest BCUT2D eigenvalue weighted by Crippen LogP contribution is -2.25. The van der Waals surface area contributed by atoms with Gasteiger partial charge in [-0.25, -0.2) is 4.98 Å². The van der Waals surface area contributed by atoms with Crippen molar-refractivity contribution >= 4 is 11.8 Å². The first kappa shape index (κ1) is 12.2. The normalized spacial score (nSPS) is 26.7. The Balaban J connectivity index is 1.86. The van der Waals surface area contributed by atoms with E-state index in [1.807, 2.05) is 11.8 Å². The molecule has 0 bridgehead atoms. The molecule has 102 valence electrons. The van der Waals surface area contributed by atoms with Crippen molar-refractivity contribution in [3.63, 3.8) is 0 Å². The van der Waals surface area contributed by atoms with E-state index in [0.717, 1.165) is 18.7 Å². The molecule has 3 rings (SSSR count). The topological polar surface area (TPSA) is 86.3 Å². The highest BCUT2D eigenvalue weighted by Crippen LogP contribution is 2.38. The van der Waals surface area contributed by atoms with E-state index in [1.54, 1.807) is 0 Å². The van der Waals surface area contributed by atoms with Crippen LogP contribution in [0.4, 0.5) is 5.82 Å². The number of hydrogen-bond acceptors (Lipinski definition) is 4. The Morgan fingerprint density at radius 2 is 2.21 bits per heavy atom. The molecule has 1 saturated heterocycles. The summed E-state index contributed by atoms with van der Waals surface area (Å²) < 4.78 is 0. The van der Waals surface area contributed by atoms with Crippen molar-refractivity contribution in [3.8, 4) is 0 Å². The molecule has 2 unspecified atom stereocenters. The molecule has 19 heavy (non-hydrogen) atoms. The van der Waals surface area contributed by atoms with Gasteiger partial charge in [0, 0.05) is 25.1 Å². The van der Waals surface area contributed by atoms with Crippen LogP contribution in [-0.4, -0.2) is 34.1 Å². The maximum absolute atomic E-state index is 11.7. The predicted octanol–water partition coefficient (Wildman–Crippen LogP) is 0.804. The molecule has 0 aromatic carbocycles. The number of H-pyrrole nitrogens is 1. The van der Waals surface area contributed by atoms with Crippen LogP contribution in [0.5, 0.6) is 0 Å². The first-order chi connectivity index (χ1) is 9.04. The minimum Gasteiger partial charge on any atom is -0.481 e. The fraction of sp³-hybridized carbons (Fsp3) is 0.615. The van der Waals surface area contributed by atoms with E-state index in [1.165, 1.54) is 6.07 Å². The molecule has 1 aliphatic heterocycles. The van der Waals surface area contributed by atoms with Crippen LogP contribution < -0.4 is 10.5 Å². The zero-order valence-electron chi connectivity index (χ0n) is 10.8. The van der Waals surface area contributed by atoms with Crippen molar-refractivity contribution in [1.29, 1.82) is 0 Å². The van der Waals surface area contributed by atoms with Crippen LogP contribution in [0, 0.1) is 11.8 Å². The second-order valence-corrected chi connectivity index (χ2v) is 5.59. The Morgan fingerprint density at radius 1 is 1.47 bits per heavy atom. The van der Waals surface area contributed by atoms with E-state index in [4.69, 9.17) is 5.11 Å². The first-order valence-corrected chi connectivity index (χ1v) is 6.63. The van der Waals surface area contributed by atoms with E-state index < -0.39 is 5.97 Å². The summed E-state index contributed by atoms with van der Waals surface area (Å²) in [7, 11) is 0. The van der Waals surface area contributed by atoms with Crippen LogP contribution in [0.15, 0.2) is 10.9 Å². The fourth-order valence-corrected chi connectivity index (χ4v) is 2.65. The highest BCUT2D eigenvalue weighted by molar-refractivity contribution is 5.72. The number of carboxylic acids is 1. The average molecular weight is 263 g/mol. The van der Waals surface area contributed by atoms with Crippen molar-refractivity contribution in [2.24, 2.45) is 11.8 Å². The molecule has 1 aromatic rings. The van der Waals surface area contributed by atoms with Gasteiger partial charge in [-0.1, -0.05) is 6.92 Å². The first-order valence-electron chi connectivity index (χ1n) is 6.63. The molecule has 2 atom stereocenters. The Labute approximate surface area is 110 Å². The number of aliphatic carboxylic acids is 1. The number of nitrogens with zero attached hydrogens (tertiary/aromatic N) is 2. The highest BCUT2D eigenvalue weighted by Gasteiger charge is 2.36. The number of carbonyl (C=O) groups is 1. The van der Waals surface area contributed by atoms with Crippen molar-refractivity contribution < 1.29 is 9.90 Å². The average Bonchev–Trinajstić information content (AvgIpc) is 3.11. The number of carboxylic acid groups (broad SMARTS) is 1. The quantitative estimate of drug-likeness (QED) is 0.842. The molecule has 0 amide bonds. The van der Waals surface area contributed by atoms with Crippen molar-refractivity contribution in [3.05, 3.63) is 22.2 Å². The zero-order valence-corrected chi connectivity index (χ0v) is 10.8. The van der Waals surface area contributed by atoms with Crippen LogP contribution in [0.3, 0.4) is 0 Å². The molecule has 6 nitrogen and oxygen atoms in total. The standard InChI is InChI=1S/C13H17N3O3/c1-7-5-16(6-9(7)13(18)19)10-4-11(17)15-12(14-10)8-2-3-8/h4,7-9H,2-3,5-6H2,1H3,(H,18,19)(H,14,15,17). The minimum absolute atomic E-state index is 0.0722. The molecular weight excluding hydrogens is 246 g/mol. The summed E-state index contributed by atoms with van der Waals surface area (Å²) in [5.74, 6) is 0.647. The van der Waals surface area contributed by atoms with Crippen LogP contribution in [0.25, 0.3) is 0 Å². The molecule has 0 radical (unpaired) electrons. The molecule has 2 N–H and O–H groups in total. The molecule has 2 heterocycles. The smallest absolute Gasteiger partial charge is 0.308 e. The van der Waals surface area contributed by atoms with Crippen molar-refractivity contribution in [2.75, 3.05) is 18.0 Å². The van der Waals surface area contributed by atoms with Gasteiger partial charge < -0.3 is 15.0 Å². The van der Waals surface area contributed by atoms with Gasteiger partial charge in [-0.05, 0) is 18.8 Å². The van der Waals surface area contributed by atoms with E-state index in [0.29, 0.717) is 24.8 Å². The number of rotatable bonds is 3. The summed E-state index contributed by atoms with van der Waals surface area (Å²) in [5.41, 5.74) is -0.154. The molecule has 1 saturated carbocycles. The van der Waals surface area contributed by atoms with Gasteiger partial charge in [0.2, 0.25) is 0 Å². The maximum Gasteiger partial charge on any atom is 0.308 e. The second kappa shape index (κ2) is 4.36. The van der Waals surface area contributed by atoms with E-state index in [2.05, 4.69) is 9.97 Å². The number of aromatic amines is 1. The molecule has 2 fully saturated rings. The minimum atomic E-state index is -0.776. The molecule has 1 aromatic heterocycles. The lowest BCUT2D eigenvalue weighted by Gasteiger charge is -2.17. The lowest BCUT2D eigenvalue weighted by molar-refractivity contribution is -0.142. The van der Waals surface area contributed by atoms with E-state index in [-0.39, 0.29) is 17.4 Å². The number of nitrogens with one attached hydrogen (secondary N) is 1. The third-order valence-corrected chi connectivity index (χ3v) is 3.96. The number of anilines is 1. The van der Waals surface area contributed by atoms with Crippen LogP contribution in [0.1, 0.15) is 31.5 Å². The molecule has 0 spiro atoms. The number of hydrogen-bond donors (Lipinski definition) is 2. The van der Waals surface area contributed by atoms with Gasteiger partial charge in [0.25, 0.3) is 5.56 Å². The van der Waals surface area contributed by atoms with Gasteiger partial charge in [0.05, 0.1) is 5.92 Å². The third kappa shape index (κ3) is 2.34. The number of aromatic nitrogens is 2. The summed E-state index contributed by atoms with van der Waals surface area (Å²) >= 11 is 0. The van der Waals surface area contributed by atoms with Gasteiger partial charge >= 0.3 is 5.97 Å². The second-order valence-electron chi connectivity index (χ2n) is 5.59. The van der Waals surface area contributed by atoms with Crippen molar-refractivity contribution in [1.82, 2.24) is 9.97 Å². The Morgan fingerprint density at radius 3 is 2.79 bits per heavy atom. The Bertz CT molecular complexity index is 564. The highest BCUT2D eigenvalue weighted by atomic mass is 16.4. The zero-order chi connectivity index (χ0) is 13.6. The van der Waals surface area contributed by atoms with Crippen LogP contribution >= 0.6 is 0 Å².